The zero-order valence-electron chi connectivity index (χ0n) is 10.5. The van der Waals surface area contributed by atoms with Gasteiger partial charge in [-0.05, 0) is 31.0 Å². The lowest BCUT2D eigenvalue weighted by atomic mass is 10.2. The summed E-state index contributed by atoms with van der Waals surface area (Å²) in [7, 11) is -3.44. The summed E-state index contributed by atoms with van der Waals surface area (Å²) < 4.78 is 28.6. The van der Waals surface area contributed by atoms with E-state index in [1.54, 1.807) is 18.3 Å². The summed E-state index contributed by atoms with van der Waals surface area (Å²) in [5.41, 5.74) is 1.38. The van der Waals surface area contributed by atoms with Crippen LogP contribution in [0.3, 0.4) is 0 Å². The Labute approximate surface area is 112 Å². The maximum absolute atomic E-state index is 12.2. The molecule has 2 heterocycles. The van der Waals surface area contributed by atoms with Crippen LogP contribution in [-0.4, -0.2) is 36.0 Å². The van der Waals surface area contributed by atoms with Crippen molar-refractivity contribution < 1.29 is 8.42 Å². The van der Waals surface area contributed by atoms with Gasteiger partial charge in [-0.2, -0.15) is 17.8 Å². The highest BCUT2D eigenvalue weighted by Crippen LogP contribution is 2.20. The van der Waals surface area contributed by atoms with Crippen molar-refractivity contribution in [2.45, 2.75) is 19.3 Å². The first-order valence-corrected chi connectivity index (χ1v) is 7.80. The van der Waals surface area contributed by atoms with Crippen LogP contribution in [0.1, 0.15) is 19.3 Å². The number of H-pyrrole nitrogens is 1. The molecule has 1 aromatic heterocycles. The van der Waals surface area contributed by atoms with Crippen LogP contribution in [0.4, 0.5) is 5.69 Å². The number of fused-ring (bicyclic) bond motifs is 1. The number of hydrogen-bond donors (Lipinski definition) is 2. The Morgan fingerprint density at radius 1 is 1.21 bits per heavy atom. The smallest absolute Gasteiger partial charge is 0.278 e. The van der Waals surface area contributed by atoms with Crippen LogP contribution in [0.15, 0.2) is 24.4 Å². The Morgan fingerprint density at radius 3 is 2.79 bits per heavy atom. The molecular formula is C12H16N4O2S. The average molecular weight is 280 g/mol. The van der Waals surface area contributed by atoms with Gasteiger partial charge >= 0.3 is 10.2 Å². The van der Waals surface area contributed by atoms with Gasteiger partial charge in [0.05, 0.1) is 17.4 Å². The van der Waals surface area contributed by atoms with Gasteiger partial charge in [0.15, 0.2) is 0 Å². The molecule has 0 atom stereocenters. The molecule has 0 unspecified atom stereocenters. The van der Waals surface area contributed by atoms with E-state index in [9.17, 15) is 8.42 Å². The summed E-state index contributed by atoms with van der Waals surface area (Å²) in [4.78, 5) is 0. The summed E-state index contributed by atoms with van der Waals surface area (Å²) >= 11 is 0. The van der Waals surface area contributed by atoms with Crippen molar-refractivity contribution in [1.82, 2.24) is 14.5 Å². The van der Waals surface area contributed by atoms with E-state index in [1.807, 2.05) is 6.07 Å². The van der Waals surface area contributed by atoms with Gasteiger partial charge in [0.25, 0.3) is 0 Å². The Kier molecular flexibility index (Phi) is 3.16. The zero-order valence-corrected chi connectivity index (χ0v) is 11.3. The van der Waals surface area contributed by atoms with Crippen molar-refractivity contribution >= 4 is 26.8 Å². The van der Waals surface area contributed by atoms with E-state index >= 15 is 0 Å². The summed E-state index contributed by atoms with van der Waals surface area (Å²) in [6, 6.07) is 5.34. The first-order chi connectivity index (χ1) is 9.15. The molecule has 2 N–H and O–H groups in total. The molecule has 0 bridgehead atoms. The summed E-state index contributed by atoms with van der Waals surface area (Å²) in [6.45, 7) is 1.20. The lowest BCUT2D eigenvalue weighted by molar-refractivity contribution is 0.349. The first-order valence-electron chi connectivity index (χ1n) is 6.36. The lowest BCUT2D eigenvalue weighted by Crippen LogP contribution is -2.39. The maximum atomic E-state index is 12.2. The van der Waals surface area contributed by atoms with E-state index in [2.05, 4.69) is 14.9 Å². The first kappa shape index (κ1) is 12.4. The lowest BCUT2D eigenvalue weighted by Gasteiger charge is -2.26. The van der Waals surface area contributed by atoms with Gasteiger partial charge in [-0.25, -0.2) is 0 Å². The molecule has 19 heavy (non-hydrogen) atoms. The van der Waals surface area contributed by atoms with Crippen LogP contribution in [0.25, 0.3) is 10.9 Å². The van der Waals surface area contributed by atoms with E-state index in [1.165, 1.54) is 4.31 Å². The van der Waals surface area contributed by atoms with Crippen LogP contribution in [-0.2, 0) is 10.2 Å². The number of anilines is 1. The second-order valence-corrected chi connectivity index (χ2v) is 6.41. The van der Waals surface area contributed by atoms with Gasteiger partial charge < -0.3 is 0 Å². The third-order valence-electron chi connectivity index (χ3n) is 3.34. The van der Waals surface area contributed by atoms with Crippen molar-refractivity contribution in [3.05, 3.63) is 24.4 Å². The highest BCUT2D eigenvalue weighted by atomic mass is 32.2. The highest BCUT2D eigenvalue weighted by Gasteiger charge is 2.23. The van der Waals surface area contributed by atoms with Gasteiger partial charge in [0.1, 0.15) is 0 Å². The fourth-order valence-corrected chi connectivity index (χ4v) is 3.61. The van der Waals surface area contributed by atoms with Gasteiger partial charge in [-0.1, -0.05) is 6.42 Å². The van der Waals surface area contributed by atoms with Crippen LogP contribution in [0.2, 0.25) is 0 Å². The minimum Gasteiger partial charge on any atom is -0.278 e. The molecule has 6 nitrogen and oxygen atoms in total. The monoisotopic (exact) mass is 280 g/mol. The molecule has 3 rings (SSSR count). The summed E-state index contributed by atoms with van der Waals surface area (Å²) in [5, 5.41) is 7.70. The zero-order chi connectivity index (χ0) is 13.3. The van der Waals surface area contributed by atoms with E-state index < -0.39 is 10.2 Å². The molecule has 1 aliphatic heterocycles. The third-order valence-corrected chi connectivity index (χ3v) is 4.88. The minimum atomic E-state index is -3.44. The number of nitrogens with zero attached hydrogens (tertiary/aromatic N) is 2. The van der Waals surface area contributed by atoms with Crippen molar-refractivity contribution in [3.63, 3.8) is 0 Å². The second kappa shape index (κ2) is 4.82. The van der Waals surface area contributed by atoms with Crippen molar-refractivity contribution in [2.75, 3.05) is 17.8 Å². The SMILES string of the molecule is O=S(=O)(Nc1ccc2cn[nH]c2c1)N1CCCCC1. The van der Waals surface area contributed by atoms with E-state index in [0.29, 0.717) is 18.8 Å². The fraction of sp³-hybridized carbons (Fsp3) is 0.417. The predicted molar refractivity (Wildman–Crippen MR) is 74.1 cm³/mol. The van der Waals surface area contributed by atoms with Crippen LogP contribution < -0.4 is 4.72 Å². The third kappa shape index (κ3) is 2.57. The molecule has 2 aromatic rings. The van der Waals surface area contributed by atoms with E-state index in [-0.39, 0.29) is 0 Å². The van der Waals surface area contributed by atoms with Gasteiger partial charge in [-0.3, -0.25) is 9.82 Å². The second-order valence-electron chi connectivity index (χ2n) is 4.74. The number of rotatable bonds is 3. The van der Waals surface area contributed by atoms with Crippen molar-refractivity contribution in [1.29, 1.82) is 0 Å². The predicted octanol–water partition coefficient (Wildman–Crippen LogP) is 1.71. The molecule has 0 aliphatic carbocycles. The Hall–Kier alpha value is -1.60. The van der Waals surface area contributed by atoms with E-state index in [4.69, 9.17) is 0 Å². The molecule has 102 valence electrons. The summed E-state index contributed by atoms with van der Waals surface area (Å²) in [5.74, 6) is 0. The van der Waals surface area contributed by atoms with Gasteiger partial charge in [0.2, 0.25) is 0 Å². The van der Waals surface area contributed by atoms with Crippen LogP contribution in [0.5, 0.6) is 0 Å². The Bertz CT molecular complexity index is 674. The molecule has 1 saturated heterocycles. The molecule has 0 saturated carbocycles. The molecule has 1 aromatic carbocycles. The largest absolute Gasteiger partial charge is 0.301 e. The van der Waals surface area contributed by atoms with E-state index in [0.717, 1.165) is 30.2 Å². The topological polar surface area (TPSA) is 78.1 Å². The van der Waals surface area contributed by atoms with Gasteiger partial charge in [0, 0.05) is 18.5 Å². The number of aromatic nitrogens is 2. The fourth-order valence-electron chi connectivity index (χ4n) is 2.32. The summed E-state index contributed by atoms with van der Waals surface area (Å²) in [6.07, 6.45) is 4.67. The highest BCUT2D eigenvalue weighted by molar-refractivity contribution is 7.90. The standard InChI is InChI=1S/C12H16N4O2S/c17-19(18,16-6-2-1-3-7-16)15-11-5-4-10-9-13-14-12(10)8-11/h4-5,8-9,15H,1-3,6-7H2,(H,13,14). The van der Waals surface area contributed by atoms with Crippen molar-refractivity contribution in [2.24, 2.45) is 0 Å². The average Bonchev–Trinajstić information content (AvgIpc) is 2.87. The molecule has 7 heteroatoms. The normalized spacial score (nSPS) is 17.7. The number of aromatic amines is 1. The minimum absolute atomic E-state index is 0.558. The Balaban J connectivity index is 1.82. The molecule has 1 aliphatic rings. The van der Waals surface area contributed by atoms with Crippen molar-refractivity contribution in [3.8, 4) is 0 Å². The number of benzene rings is 1. The molecule has 0 spiro atoms. The number of piperidine rings is 1. The molecule has 0 radical (unpaired) electrons. The number of hydrogen-bond acceptors (Lipinski definition) is 3. The van der Waals surface area contributed by atoms with Crippen LogP contribution in [0, 0.1) is 0 Å². The molecular weight excluding hydrogens is 264 g/mol. The maximum Gasteiger partial charge on any atom is 0.301 e. The molecule has 0 amide bonds. The van der Waals surface area contributed by atoms with Crippen LogP contribution >= 0.6 is 0 Å². The molecule has 1 fully saturated rings. The van der Waals surface area contributed by atoms with Gasteiger partial charge in [-0.15, -0.1) is 0 Å². The Morgan fingerprint density at radius 2 is 2.00 bits per heavy atom. The number of nitrogens with one attached hydrogen (secondary N) is 2. The quantitative estimate of drug-likeness (QED) is 0.898.